The van der Waals surface area contributed by atoms with Crippen LogP contribution in [0.4, 0.5) is 13.2 Å². The van der Waals surface area contributed by atoms with E-state index >= 15 is 0 Å². The van der Waals surface area contributed by atoms with Gasteiger partial charge in [0.2, 0.25) is 5.75 Å². The third-order valence-electron chi connectivity index (χ3n) is 5.98. The molecule has 0 saturated heterocycles. The molecule has 12 heteroatoms. The lowest BCUT2D eigenvalue weighted by molar-refractivity contribution is -0.156. The Balaban J connectivity index is 2.16. The number of aromatic nitrogens is 1. The molecule has 1 heterocycles. The van der Waals surface area contributed by atoms with Gasteiger partial charge >= 0.3 is 18.1 Å². The Kier molecular flexibility index (Phi) is 11.1. The van der Waals surface area contributed by atoms with Crippen molar-refractivity contribution in [1.82, 2.24) is 10.3 Å². The third-order valence-corrected chi connectivity index (χ3v) is 5.98. The number of rotatable bonds is 12. The second-order valence-electron chi connectivity index (χ2n) is 8.80. The maximum absolute atomic E-state index is 12.9. The van der Waals surface area contributed by atoms with Crippen LogP contribution in [0.5, 0.6) is 17.2 Å². The quantitative estimate of drug-likeness (QED) is 0.366. The van der Waals surface area contributed by atoms with Crippen molar-refractivity contribution in [3.05, 3.63) is 47.8 Å². The molecule has 0 radical (unpaired) electrons. The summed E-state index contributed by atoms with van der Waals surface area (Å²) in [5, 5.41) is 2.46. The molecular weight excluding hydrogens is 521 g/mol. The monoisotopic (exact) mass is 554 g/mol. The number of hydrogen-bond donors (Lipinski definition) is 1. The predicted octanol–water partition coefficient (Wildman–Crippen LogP) is 4.97. The Hall–Kier alpha value is -3.83. The van der Waals surface area contributed by atoms with E-state index in [9.17, 15) is 27.6 Å². The molecular formula is C27H33F3N2O7. The van der Waals surface area contributed by atoms with E-state index in [1.54, 1.807) is 6.92 Å². The molecule has 39 heavy (non-hydrogen) atoms. The van der Waals surface area contributed by atoms with E-state index in [2.05, 4.69) is 10.3 Å². The Morgan fingerprint density at radius 1 is 1.03 bits per heavy atom. The first-order valence-corrected chi connectivity index (χ1v) is 12.4. The van der Waals surface area contributed by atoms with Gasteiger partial charge in [0.15, 0.2) is 11.4 Å². The first-order chi connectivity index (χ1) is 18.3. The van der Waals surface area contributed by atoms with Crippen LogP contribution < -0.4 is 19.5 Å². The Morgan fingerprint density at radius 3 is 2.15 bits per heavy atom. The summed E-state index contributed by atoms with van der Waals surface area (Å²) in [5.41, 5.74) is -1.07. The van der Waals surface area contributed by atoms with Crippen molar-refractivity contribution in [1.29, 1.82) is 0 Å². The number of halogens is 3. The highest BCUT2D eigenvalue weighted by Gasteiger charge is 2.33. The van der Waals surface area contributed by atoms with Gasteiger partial charge < -0.3 is 24.3 Å². The zero-order valence-electron chi connectivity index (χ0n) is 22.6. The summed E-state index contributed by atoms with van der Waals surface area (Å²) in [5.74, 6) is -2.25. The lowest BCUT2D eigenvalue weighted by Crippen LogP contribution is -2.45. The molecule has 0 aliphatic heterocycles. The minimum Gasteiger partial charge on any atom is -0.493 e. The molecule has 2 rings (SSSR count). The molecule has 3 atom stereocenters. The summed E-state index contributed by atoms with van der Waals surface area (Å²) >= 11 is 0. The number of methoxy groups -OCH3 is 1. The highest BCUT2D eigenvalue weighted by atomic mass is 19.4. The van der Waals surface area contributed by atoms with Crippen LogP contribution in [0.25, 0.3) is 0 Å². The minimum atomic E-state index is -4.48. The molecule has 0 saturated carbocycles. The fourth-order valence-corrected chi connectivity index (χ4v) is 3.88. The number of alkyl halides is 3. The van der Waals surface area contributed by atoms with E-state index in [0.29, 0.717) is 12.8 Å². The molecule has 0 unspecified atom stereocenters. The van der Waals surface area contributed by atoms with Gasteiger partial charge in [0, 0.05) is 19.2 Å². The normalized spacial score (nSPS) is 13.7. The maximum atomic E-state index is 12.9. The summed E-state index contributed by atoms with van der Waals surface area (Å²) < 4.78 is 60.6. The molecule has 9 nitrogen and oxygen atoms in total. The standard InChI is InChI=1S/C27H33F3N2O7/c1-7-18(8-2)23(39-20-11-9-19(10-12-20)27(28,29)30)16(4)37-26(35)15(3)32-25(34)22-24(38-17(5)33)21(36-6)13-14-31-22/h9-16,18,23H,7-8H2,1-6H3,(H,32,34)/t15-,16-,23-/m0/s1. The number of benzene rings is 1. The van der Waals surface area contributed by atoms with Crippen LogP contribution in [0, 0.1) is 5.92 Å². The Morgan fingerprint density at radius 2 is 1.64 bits per heavy atom. The molecule has 1 amide bonds. The van der Waals surface area contributed by atoms with Gasteiger partial charge in [-0.05, 0) is 56.9 Å². The number of carbonyl (C=O) groups excluding carboxylic acids is 3. The van der Waals surface area contributed by atoms with E-state index < -0.39 is 47.8 Å². The number of nitrogens with one attached hydrogen (secondary N) is 1. The number of ether oxygens (including phenoxy) is 4. The molecule has 1 aromatic heterocycles. The number of amides is 1. The molecule has 0 fully saturated rings. The van der Waals surface area contributed by atoms with Crippen LogP contribution in [-0.2, 0) is 20.5 Å². The van der Waals surface area contributed by atoms with Crippen molar-refractivity contribution in [2.45, 2.75) is 71.9 Å². The molecule has 214 valence electrons. The molecule has 0 aliphatic rings. The average molecular weight is 555 g/mol. The van der Waals surface area contributed by atoms with Gasteiger partial charge in [0.05, 0.1) is 12.7 Å². The van der Waals surface area contributed by atoms with Gasteiger partial charge in [0.1, 0.15) is 24.0 Å². The molecule has 1 aromatic carbocycles. The van der Waals surface area contributed by atoms with Crippen molar-refractivity contribution in [2.75, 3.05) is 7.11 Å². The van der Waals surface area contributed by atoms with Crippen LogP contribution in [0.2, 0.25) is 0 Å². The van der Waals surface area contributed by atoms with E-state index in [4.69, 9.17) is 18.9 Å². The smallest absolute Gasteiger partial charge is 0.416 e. The van der Waals surface area contributed by atoms with E-state index in [1.165, 1.54) is 38.4 Å². The zero-order valence-corrected chi connectivity index (χ0v) is 22.6. The second kappa shape index (κ2) is 13.8. The number of esters is 2. The average Bonchev–Trinajstić information content (AvgIpc) is 2.88. The molecule has 0 bridgehead atoms. The van der Waals surface area contributed by atoms with Crippen molar-refractivity contribution >= 4 is 17.8 Å². The van der Waals surface area contributed by atoms with E-state index in [-0.39, 0.29) is 28.9 Å². The van der Waals surface area contributed by atoms with Crippen LogP contribution in [0.15, 0.2) is 36.5 Å². The SMILES string of the molecule is CCC(CC)[C@@H](Oc1ccc(C(F)(F)F)cc1)[C@H](C)OC(=O)[C@H](C)NC(=O)c1nccc(OC)c1OC(C)=O. The lowest BCUT2D eigenvalue weighted by atomic mass is 9.93. The topological polar surface area (TPSA) is 113 Å². The van der Waals surface area contributed by atoms with E-state index in [1.807, 2.05) is 13.8 Å². The Bertz CT molecular complexity index is 1140. The fourth-order valence-electron chi connectivity index (χ4n) is 3.88. The van der Waals surface area contributed by atoms with Crippen molar-refractivity contribution < 1.29 is 46.5 Å². The van der Waals surface area contributed by atoms with Gasteiger partial charge in [-0.25, -0.2) is 9.78 Å². The fraction of sp³-hybridized carbons (Fsp3) is 0.481. The number of pyridine rings is 1. The molecule has 1 N–H and O–H groups in total. The molecule has 2 aromatic rings. The van der Waals surface area contributed by atoms with Crippen molar-refractivity contribution in [2.24, 2.45) is 5.92 Å². The molecule has 0 aliphatic carbocycles. The number of nitrogens with zero attached hydrogens (tertiary/aromatic N) is 1. The van der Waals surface area contributed by atoms with Crippen LogP contribution >= 0.6 is 0 Å². The summed E-state index contributed by atoms with van der Waals surface area (Å²) in [4.78, 5) is 41.2. The lowest BCUT2D eigenvalue weighted by Gasteiger charge is -2.31. The minimum absolute atomic E-state index is 0.0766. The van der Waals surface area contributed by atoms with Gasteiger partial charge in [-0.2, -0.15) is 13.2 Å². The largest absolute Gasteiger partial charge is 0.493 e. The van der Waals surface area contributed by atoms with Gasteiger partial charge in [0.25, 0.3) is 5.91 Å². The van der Waals surface area contributed by atoms with Crippen molar-refractivity contribution in [3.63, 3.8) is 0 Å². The first kappa shape index (κ1) is 31.4. The van der Waals surface area contributed by atoms with Crippen LogP contribution in [0.1, 0.15) is 63.5 Å². The van der Waals surface area contributed by atoms with Crippen molar-refractivity contribution in [3.8, 4) is 17.2 Å². The number of carbonyl (C=O) groups is 3. The predicted molar refractivity (Wildman–Crippen MR) is 135 cm³/mol. The van der Waals surface area contributed by atoms with Crippen LogP contribution in [-0.4, -0.2) is 48.2 Å². The number of hydrogen-bond acceptors (Lipinski definition) is 8. The first-order valence-electron chi connectivity index (χ1n) is 12.4. The summed E-state index contributed by atoms with van der Waals surface area (Å²) in [6.07, 6.45) is -3.34. The van der Waals surface area contributed by atoms with Gasteiger partial charge in [-0.1, -0.05) is 13.8 Å². The summed E-state index contributed by atoms with van der Waals surface area (Å²) in [6.45, 7) is 8.02. The van der Waals surface area contributed by atoms with E-state index in [0.717, 1.165) is 19.1 Å². The van der Waals surface area contributed by atoms with Crippen LogP contribution in [0.3, 0.4) is 0 Å². The maximum Gasteiger partial charge on any atom is 0.416 e. The highest BCUT2D eigenvalue weighted by Crippen LogP contribution is 2.32. The second-order valence-corrected chi connectivity index (χ2v) is 8.80. The van der Waals surface area contributed by atoms with Gasteiger partial charge in [-0.15, -0.1) is 0 Å². The highest BCUT2D eigenvalue weighted by molar-refractivity contribution is 5.98. The van der Waals surface area contributed by atoms with Gasteiger partial charge in [-0.3, -0.25) is 9.59 Å². The zero-order chi connectivity index (χ0) is 29.3. The third kappa shape index (κ3) is 8.59. The Labute approximate surface area is 225 Å². The molecule has 0 spiro atoms. The summed E-state index contributed by atoms with van der Waals surface area (Å²) in [7, 11) is 1.33. The summed E-state index contributed by atoms with van der Waals surface area (Å²) in [6, 6.07) is 4.55.